The Morgan fingerprint density at radius 2 is 0.645 bits per heavy atom. The molecule has 9 rings (SSSR count). The standard InChI is InChI=1S/C55H41N7/c1-3-18-42(31-37(2)56)47-34-48(43-27-16-29-45(32-43)54-59-50(38-19-8-4-9-20-38)57-51(60-54)39-21-10-5-11-22-39)36-49(35-47)44-28-17-30-46(33-44)55-61-52(40-23-12-6-13-24-40)58-53(62-55)41-25-14-7-15-26-41/h3-36,56H,1-2H3/b18-3+,42-31+,56-37?. The number of nitrogens with one attached hydrogen (secondary N) is 1. The third-order valence-corrected chi connectivity index (χ3v) is 10.3. The van der Waals surface area contributed by atoms with E-state index in [0.717, 1.165) is 66.8 Å². The van der Waals surface area contributed by atoms with Gasteiger partial charge in [0.25, 0.3) is 0 Å². The number of hydrogen-bond donors (Lipinski definition) is 1. The Kier molecular flexibility index (Phi) is 11.3. The maximum atomic E-state index is 8.40. The van der Waals surface area contributed by atoms with Crippen LogP contribution < -0.4 is 0 Å². The molecule has 0 bridgehead atoms. The molecule has 7 aromatic carbocycles. The molecule has 0 fully saturated rings. The van der Waals surface area contributed by atoms with E-state index in [1.165, 1.54) is 0 Å². The Balaban J connectivity index is 1.18. The van der Waals surface area contributed by atoms with Gasteiger partial charge >= 0.3 is 0 Å². The molecule has 0 atom stereocenters. The summed E-state index contributed by atoms with van der Waals surface area (Å²) in [7, 11) is 0. The maximum absolute atomic E-state index is 8.40. The van der Waals surface area contributed by atoms with Gasteiger partial charge in [-0.25, -0.2) is 29.9 Å². The van der Waals surface area contributed by atoms with Crippen LogP contribution in [0.3, 0.4) is 0 Å². The van der Waals surface area contributed by atoms with Crippen molar-refractivity contribution in [1.29, 1.82) is 5.41 Å². The molecule has 0 radical (unpaired) electrons. The zero-order valence-electron chi connectivity index (χ0n) is 34.3. The van der Waals surface area contributed by atoms with E-state index in [1.54, 1.807) is 6.92 Å². The number of aromatic nitrogens is 6. The summed E-state index contributed by atoms with van der Waals surface area (Å²) in [5.74, 6) is 3.60. The molecular weight excluding hydrogens is 759 g/mol. The molecule has 0 spiro atoms. The van der Waals surface area contributed by atoms with Gasteiger partial charge in [-0.05, 0) is 83.6 Å². The van der Waals surface area contributed by atoms with E-state index < -0.39 is 0 Å². The van der Waals surface area contributed by atoms with Gasteiger partial charge in [0.15, 0.2) is 34.9 Å². The predicted octanol–water partition coefficient (Wildman–Crippen LogP) is 13.4. The predicted molar refractivity (Wildman–Crippen MR) is 253 cm³/mol. The average molecular weight is 800 g/mol. The number of allylic oxidation sites excluding steroid dienone is 4. The largest absolute Gasteiger partial charge is 0.306 e. The second-order valence-electron chi connectivity index (χ2n) is 14.8. The van der Waals surface area contributed by atoms with Crippen molar-refractivity contribution in [3.05, 3.63) is 212 Å². The lowest BCUT2D eigenvalue weighted by molar-refractivity contribution is 1.07. The minimum Gasteiger partial charge on any atom is -0.306 e. The number of hydrogen-bond acceptors (Lipinski definition) is 7. The fourth-order valence-electron chi connectivity index (χ4n) is 7.32. The van der Waals surface area contributed by atoms with Crippen molar-refractivity contribution in [2.45, 2.75) is 13.8 Å². The van der Waals surface area contributed by atoms with Crippen LogP contribution in [0.2, 0.25) is 0 Å². The molecule has 296 valence electrons. The van der Waals surface area contributed by atoms with Crippen molar-refractivity contribution in [1.82, 2.24) is 29.9 Å². The molecule has 0 saturated carbocycles. The van der Waals surface area contributed by atoms with Crippen LogP contribution in [-0.4, -0.2) is 35.6 Å². The molecule has 2 heterocycles. The first kappa shape index (κ1) is 39.2. The summed E-state index contributed by atoms with van der Waals surface area (Å²) in [6.07, 6.45) is 5.96. The van der Waals surface area contributed by atoms with E-state index in [2.05, 4.69) is 48.5 Å². The normalized spacial score (nSPS) is 11.5. The highest BCUT2D eigenvalue weighted by atomic mass is 15.0. The van der Waals surface area contributed by atoms with Crippen molar-refractivity contribution < 1.29 is 0 Å². The van der Waals surface area contributed by atoms with E-state index >= 15 is 0 Å². The highest BCUT2D eigenvalue weighted by molar-refractivity contribution is 6.00. The van der Waals surface area contributed by atoms with Crippen molar-refractivity contribution >= 4 is 11.3 Å². The molecule has 0 saturated heterocycles. The fourth-order valence-corrected chi connectivity index (χ4v) is 7.32. The molecule has 0 amide bonds. The molecule has 7 heteroatoms. The van der Waals surface area contributed by atoms with Crippen molar-refractivity contribution in [2.75, 3.05) is 0 Å². The van der Waals surface area contributed by atoms with Gasteiger partial charge in [0.05, 0.1) is 0 Å². The monoisotopic (exact) mass is 799 g/mol. The molecule has 0 aliphatic carbocycles. The summed E-state index contributed by atoms with van der Waals surface area (Å²) in [5.41, 5.74) is 11.8. The van der Waals surface area contributed by atoms with Crippen molar-refractivity contribution in [2.24, 2.45) is 0 Å². The van der Waals surface area contributed by atoms with Crippen LogP contribution in [0.1, 0.15) is 19.4 Å². The first-order valence-electron chi connectivity index (χ1n) is 20.5. The van der Waals surface area contributed by atoms with Gasteiger partial charge in [-0.1, -0.05) is 170 Å². The quantitative estimate of drug-likeness (QED) is 0.103. The molecule has 9 aromatic rings. The van der Waals surface area contributed by atoms with E-state index in [9.17, 15) is 0 Å². The first-order valence-corrected chi connectivity index (χ1v) is 20.5. The second-order valence-corrected chi connectivity index (χ2v) is 14.8. The number of benzene rings is 7. The van der Waals surface area contributed by atoms with Crippen LogP contribution in [0.5, 0.6) is 0 Å². The first-order chi connectivity index (χ1) is 30.5. The molecule has 0 aliphatic rings. The summed E-state index contributed by atoms with van der Waals surface area (Å²) in [4.78, 5) is 29.8. The number of rotatable bonds is 11. The number of nitrogens with zero attached hydrogens (tertiary/aromatic N) is 6. The molecule has 7 nitrogen and oxygen atoms in total. The van der Waals surface area contributed by atoms with Crippen molar-refractivity contribution in [3.8, 4) is 90.6 Å². The Bertz CT molecular complexity index is 2790. The fraction of sp³-hybridized carbons (Fsp3) is 0.0364. The molecule has 0 aliphatic heterocycles. The lowest BCUT2D eigenvalue weighted by Crippen LogP contribution is -2.00. The highest BCUT2D eigenvalue weighted by Gasteiger charge is 2.16. The van der Waals surface area contributed by atoms with Crippen LogP contribution in [0.4, 0.5) is 0 Å². The zero-order chi connectivity index (χ0) is 42.3. The summed E-state index contributed by atoms with van der Waals surface area (Å²) < 4.78 is 0. The maximum Gasteiger partial charge on any atom is 0.164 e. The molecular formula is C55H41N7. The molecule has 0 unspecified atom stereocenters. The minimum atomic E-state index is 0.464. The third kappa shape index (κ3) is 8.83. The van der Waals surface area contributed by atoms with Crippen LogP contribution >= 0.6 is 0 Å². The molecule has 62 heavy (non-hydrogen) atoms. The lowest BCUT2D eigenvalue weighted by atomic mass is 9.91. The van der Waals surface area contributed by atoms with Gasteiger partial charge in [-0.3, -0.25) is 0 Å². The average Bonchev–Trinajstić information content (AvgIpc) is 3.34. The lowest BCUT2D eigenvalue weighted by Gasteiger charge is -2.14. The van der Waals surface area contributed by atoms with Crippen molar-refractivity contribution in [3.63, 3.8) is 0 Å². The van der Waals surface area contributed by atoms with E-state index in [-0.39, 0.29) is 0 Å². The molecule has 2 aromatic heterocycles. The van der Waals surface area contributed by atoms with Crippen LogP contribution in [0.25, 0.3) is 96.2 Å². The van der Waals surface area contributed by atoms with Gasteiger partial charge in [0, 0.05) is 39.1 Å². The van der Waals surface area contributed by atoms with Crippen LogP contribution in [0.15, 0.2) is 206 Å². The topological polar surface area (TPSA) is 101 Å². The minimum absolute atomic E-state index is 0.464. The van der Waals surface area contributed by atoms with Gasteiger partial charge in [-0.2, -0.15) is 0 Å². The Labute approximate surface area is 361 Å². The van der Waals surface area contributed by atoms with Gasteiger partial charge < -0.3 is 5.41 Å². The van der Waals surface area contributed by atoms with Crippen LogP contribution in [-0.2, 0) is 0 Å². The Hall–Kier alpha value is -8.29. The van der Waals surface area contributed by atoms with Crippen LogP contribution in [0, 0.1) is 5.41 Å². The van der Waals surface area contributed by atoms with Gasteiger partial charge in [-0.15, -0.1) is 0 Å². The van der Waals surface area contributed by atoms with E-state index in [4.69, 9.17) is 35.3 Å². The smallest absolute Gasteiger partial charge is 0.164 e. The Morgan fingerprint density at radius 1 is 0.355 bits per heavy atom. The van der Waals surface area contributed by atoms with E-state index in [0.29, 0.717) is 40.7 Å². The second kappa shape index (κ2) is 17.9. The summed E-state index contributed by atoms with van der Waals surface area (Å²) >= 11 is 0. The van der Waals surface area contributed by atoms with E-state index in [1.807, 2.05) is 165 Å². The third-order valence-electron chi connectivity index (χ3n) is 10.3. The zero-order valence-corrected chi connectivity index (χ0v) is 34.3. The summed E-state index contributed by atoms with van der Waals surface area (Å²) in [6, 6.07) is 63.3. The Morgan fingerprint density at radius 3 is 0.968 bits per heavy atom. The van der Waals surface area contributed by atoms with Gasteiger partial charge in [0.1, 0.15) is 0 Å². The SMILES string of the molecule is C/C=C/C(=C\C(C)=N)c1cc(-c2cccc(-c3nc(-c4ccccc4)nc(-c4ccccc4)n3)c2)cc(-c2cccc(-c3nc(-c4ccccc4)nc(-c4ccccc4)n3)c2)c1. The summed E-state index contributed by atoms with van der Waals surface area (Å²) in [5, 5.41) is 8.40. The highest BCUT2D eigenvalue weighted by Crippen LogP contribution is 2.35. The summed E-state index contributed by atoms with van der Waals surface area (Å²) in [6.45, 7) is 3.79. The van der Waals surface area contributed by atoms with Gasteiger partial charge in [0.2, 0.25) is 0 Å². The molecule has 1 N–H and O–H groups in total.